The van der Waals surface area contributed by atoms with E-state index in [9.17, 15) is 8.42 Å². The van der Waals surface area contributed by atoms with Gasteiger partial charge < -0.3 is 4.74 Å². The zero-order chi connectivity index (χ0) is 20.3. The molecule has 4 rings (SSSR count). The van der Waals surface area contributed by atoms with Crippen LogP contribution in [0.4, 0.5) is 0 Å². The van der Waals surface area contributed by atoms with Crippen LogP contribution in [0.2, 0.25) is 0 Å². The molecule has 0 spiro atoms. The third-order valence-electron chi connectivity index (χ3n) is 4.97. The number of sulfonamides is 1. The van der Waals surface area contributed by atoms with Gasteiger partial charge in [-0.1, -0.05) is 0 Å². The fraction of sp³-hybridized carbons (Fsp3) is 0.368. The molecule has 152 valence electrons. The van der Waals surface area contributed by atoms with Gasteiger partial charge in [-0.05, 0) is 60.4 Å². The Kier molecular flexibility index (Phi) is 5.54. The minimum Gasteiger partial charge on any atom is -0.497 e. The highest BCUT2D eigenvalue weighted by molar-refractivity contribution is 7.89. The number of hydrogen-bond acceptors (Lipinski definition) is 7. The van der Waals surface area contributed by atoms with Crippen LogP contribution in [0.1, 0.15) is 12.8 Å². The van der Waals surface area contributed by atoms with E-state index in [1.54, 1.807) is 48.1 Å². The normalized spacial score (nSPS) is 17.9. The molecular weight excluding hydrogens is 392 g/mol. The van der Waals surface area contributed by atoms with E-state index in [2.05, 4.69) is 20.4 Å². The minimum absolute atomic E-state index is 0.118. The zero-order valence-corrected chi connectivity index (χ0v) is 16.9. The molecule has 0 unspecified atom stereocenters. The molecule has 0 bridgehead atoms. The largest absolute Gasteiger partial charge is 0.497 e. The first-order valence-corrected chi connectivity index (χ1v) is 10.8. The topological polar surface area (TPSA) is 103 Å². The van der Waals surface area contributed by atoms with Gasteiger partial charge in [-0.2, -0.15) is 9.10 Å². The van der Waals surface area contributed by atoms with Gasteiger partial charge in [0.15, 0.2) is 0 Å². The summed E-state index contributed by atoms with van der Waals surface area (Å²) in [7, 11) is -1.99. The lowest BCUT2D eigenvalue weighted by Gasteiger charge is -2.31. The first kappa shape index (κ1) is 19.5. The number of hydrogen-bond donors (Lipinski definition) is 0. The number of aromatic nitrogens is 5. The van der Waals surface area contributed by atoms with Gasteiger partial charge in [0.25, 0.3) is 0 Å². The maximum atomic E-state index is 13.0. The van der Waals surface area contributed by atoms with Gasteiger partial charge >= 0.3 is 0 Å². The van der Waals surface area contributed by atoms with Crippen molar-refractivity contribution in [3.63, 3.8) is 0 Å². The summed E-state index contributed by atoms with van der Waals surface area (Å²) in [6.45, 7) is 1.45. The van der Waals surface area contributed by atoms with E-state index >= 15 is 0 Å². The van der Waals surface area contributed by atoms with E-state index in [4.69, 9.17) is 4.74 Å². The Bertz CT molecular complexity index is 1050. The predicted octanol–water partition coefficient (Wildman–Crippen LogP) is 1.84. The average molecular weight is 414 g/mol. The van der Waals surface area contributed by atoms with Crippen LogP contribution in [0.25, 0.3) is 11.4 Å². The van der Waals surface area contributed by atoms with Crippen LogP contribution < -0.4 is 4.74 Å². The number of piperidine rings is 1. The number of pyridine rings is 1. The maximum absolute atomic E-state index is 13.0. The summed E-state index contributed by atoms with van der Waals surface area (Å²) in [5.74, 6) is 1.26. The second-order valence-corrected chi connectivity index (χ2v) is 8.89. The number of ether oxygens (including phenoxy) is 1. The van der Waals surface area contributed by atoms with Crippen LogP contribution in [0, 0.1) is 5.92 Å². The molecule has 29 heavy (non-hydrogen) atoms. The Balaban J connectivity index is 1.45. The molecule has 1 fully saturated rings. The van der Waals surface area contributed by atoms with Gasteiger partial charge in [-0.15, -0.1) is 10.2 Å². The number of nitrogens with zero attached hydrogens (tertiary/aromatic N) is 6. The Morgan fingerprint density at radius 1 is 1.21 bits per heavy atom. The van der Waals surface area contributed by atoms with Crippen LogP contribution in [-0.4, -0.2) is 58.1 Å². The van der Waals surface area contributed by atoms with Crippen molar-refractivity contribution in [3.8, 4) is 17.1 Å². The van der Waals surface area contributed by atoms with Gasteiger partial charge in [0.1, 0.15) is 5.75 Å². The third kappa shape index (κ3) is 4.28. The van der Waals surface area contributed by atoms with Gasteiger partial charge in [0.05, 0.1) is 18.6 Å². The van der Waals surface area contributed by atoms with Crippen molar-refractivity contribution >= 4 is 10.0 Å². The van der Waals surface area contributed by atoms with Crippen molar-refractivity contribution < 1.29 is 13.2 Å². The molecule has 0 N–H and O–H groups in total. The Hall–Kier alpha value is -2.85. The van der Waals surface area contributed by atoms with Crippen molar-refractivity contribution in [3.05, 3.63) is 48.8 Å². The summed E-state index contributed by atoms with van der Waals surface area (Å²) in [6.07, 6.45) is 5.08. The average Bonchev–Trinajstić information content (AvgIpc) is 3.23. The van der Waals surface area contributed by atoms with Crippen molar-refractivity contribution in [2.45, 2.75) is 24.3 Å². The summed E-state index contributed by atoms with van der Waals surface area (Å²) in [5, 5.41) is 12.6. The summed E-state index contributed by atoms with van der Waals surface area (Å²) in [5.41, 5.74) is 0.797. The van der Waals surface area contributed by atoms with Crippen molar-refractivity contribution in [2.24, 2.45) is 5.92 Å². The van der Waals surface area contributed by atoms with Crippen LogP contribution >= 0.6 is 0 Å². The Morgan fingerprint density at radius 2 is 2.03 bits per heavy atom. The number of tetrazole rings is 1. The standard InChI is InChI=1S/C19H22N6O3S/c1-28-17-6-8-18(9-7-17)29(26,27)24-11-3-4-15(13-24)14-25-22-19(21-23-25)16-5-2-10-20-12-16/h2,5-10,12,15H,3-4,11,13-14H2,1H3/t15-/m0/s1. The fourth-order valence-electron chi connectivity index (χ4n) is 3.45. The molecule has 0 aliphatic carbocycles. The quantitative estimate of drug-likeness (QED) is 0.606. The molecule has 2 aromatic heterocycles. The first-order chi connectivity index (χ1) is 14.1. The molecule has 10 heteroatoms. The molecule has 1 aromatic carbocycles. The van der Waals surface area contributed by atoms with Crippen LogP contribution in [-0.2, 0) is 16.6 Å². The first-order valence-electron chi connectivity index (χ1n) is 9.38. The van der Waals surface area contributed by atoms with Crippen molar-refractivity contribution in [1.82, 2.24) is 29.5 Å². The predicted molar refractivity (Wildman–Crippen MR) is 106 cm³/mol. The van der Waals surface area contributed by atoms with Crippen molar-refractivity contribution in [1.29, 1.82) is 0 Å². The monoisotopic (exact) mass is 414 g/mol. The van der Waals surface area contributed by atoms with Gasteiger partial charge in [0.2, 0.25) is 15.8 Å². The lowest BCUT2D eigenvalue weighted by Crippen LogP contribution is -2.41. The van der Waals surface area contributed by atoms with Crippen LogP contribution in [0.3, 0.4) is 0 Å². The van der Waals surface area contributed by atoms with E-state index in [1.165, 1.54) is 4.80 Å². The summed E-state index contributed by atoms with van der Waals surface area (Å²) < 4.78 is 32.7. The second kappa shape index (κ2) is 8.26. The summed E-state index contributed by atoms with van der Waals surface area (Å²) in [6, 6.07) is 10.2. The van der Waals surface area contributed by atoms with E-state index < -0.39 is 10.0 Å². The molecular formula is C19H22N6O3S. The maximum Gasteiger partial charge on any atom is 0.243 e. The van der Waals surface area contributed by atoms with Gasteiger partial charge in [0, 0.05) is 31.0 Å². The molecule has 1 atom stereocenters. The molecule has 1 aliphatic heterocycles. The summed E-state index contributed by atoms with van der Waals surface area (Å²) in [4.78, 5) is 5.88. The highest BCUT2D eigenvalue weighted by Gasteiger charge is 2.30. The second-order valence-electron chi connectivity index (χ2n) is 6.96. The van der Waals surface area contributed by atoms with E-state index in [1.807, 2.05) is 12.1 Å². The number of rotatable bonds is 6. The highest BCUT2D eigenvalue weighted by atomic mass is 32.2. The summed E-state index contributed by atoms with van der Waals surface area (Å²) >= 11 is 0. The Labute approximate surface area is 169 Å². The molecule has 3 heterocycles. The molecule has 9 nitrogen and oxygen atoms in total. The highest BCUT2D eigenvalue weighted by Crippen LogP contribution is 2.26. The molecule has 0 radical (unpaired) electrons. The van der Waals surface area contributed by atoms with E-state index in [-0.39, 0.29) is 10.8 Å². The number of methoxy groups -OCH3 is 1. The van der Waals surface area contributed by atoms with Crippen LogP contribution in [0.15, 0.2) is 53.7 Å². The van der Waals surface area contributed by atoms with Gasteiger partial charge in [-0.25, -0.2) is 8.42 Å². The molecule has 0 saturated carbocycles. The SMILES string of the molecule is COc1ccc(S(=O)(=O)N2CCC[C@H](Cn3nnc(-c4cccnc4)n3)C2)cc1. The number of benzene rings is 1. The molecule has 0 amide bonds. The molecule has 3 aromatic rings. The third-order valence-corrected chi connectivity index (χ3v) is 6.85. The zero-order valence-electron chi connectivity index (χ0n) is 16.0. The van der Waals surface area contributed by atoms with Gasteiger partial charge in [-0.3, -0.25) is 4.98 Å². The smallest absolute Gasteiger partial charge is 0.243 e. The van der Waals surface area contributed by atoms with E-state index in [0.717, 1.165) is 18.4 Å². The molecule has 1 saturated heterocycles. The van der Waals surface area contributed by atoms with E-state index in [0.29, 0.717) is 31.2 Å². The molecule has 1 aliphatic rings. The fourth-order valence-corrected chi connectivity index (χ4v) is 5.01. The minimum atomic E-state index is -3.55. The lowest BCUT2D eigenvalue weighted by atomic mass is 10.00. The Morgan fingerprint density at radius 3 is 2.76 bits per heavy atom. The van der Waals surface area contributed by atoms with Crippen molar-refractivity contribution in [2.75, 3.05) is 20.2 Å². The van der Waals surface area contributed by atoms with Crippen LogP contribution in [0.5, 0.6) is 5.75 Å². The lowest BCUT2D eigenvalue weighted by molar-refractivity contribution is 0.231.